The van der Waals surface area contributed by atoms with Crippen molar-refractivity contribution in [3.63, 3.8) is 0 Å². The summed E-state index contributed by atoms with van der Waals surface area (Å²) in [4.78, 5) is 47.1. The second-order valence-electron chi connectivity index (χ2n) is 7.27. The molecule has 144 valence electrons. The van der Waals surface area contributed by atoms with Crippen LogP contribution in [0, 0.1) is 27.9 Å². The predicted octanol–water partition coefficient (Wildman–Crippen LogP) is 2.86. The van der Waals surface area contributed by atoms with E-state index >= 15 is 0 Å². The number of esters is 1. The van der Waals surface area contributed by atoms with E-state index in [9.17, 15) is 24.5 Å². The van der Waals surface area contributed by atoms with Gasteiger partial charge in [-0.25, -0.2) is 0 Å². The Labute approximate surface area is 156 Å². The lowest BCUT2D eigenvalue weighted by Crippen LogP contribution is -2.41. The highest BCUT2D eigenvalue weighted by molar-refractivity contribution is 5.95. The van der Waals surface area contributed by atoms with E-state index in [1.165, 1.54) is 31.2 Å². The van der Waals surface area contributed by atoms with Crippen molar-refractivity contribution in [3.8, 4) is 0 Å². The second kappa shape index (κ2) is 7.85. The largest absolute Gasteiger partial charge is 0.452 e. The first-order valence-corrected chi connectivity index (χ1v) is 9.14. The van der Waals surface area contributed by atoms with Crippen molar-refractivity contribution in [2.45, 2.75) is 45.1 Å². The Hall–Kier alpha value is -2.77. The molecule has 1 amide bonds. The van der Waals surface area contributed by atoms with Crippen LogP contribution in [0.15, 0.2) is 24.3 Å². The third kappa shape index (κ3) is 4.32. The molecule has 27 heavy (non-hydrogen) atoms. The normalized spacial score (nSPS) is 25.4. The molecular weight excluding hydrogens is 352 g/mol. The minimum Gasteiger partial charge on any atom is -0.452 e. The molecule has 2 bridgehead atoms. The molecule has 0 saturated heterocycles. The average Bonchev–Trinajstić information content (AvgIpc) is 2.61. The van der Waals surface area contributed by atoms with E-state index in [0.717, 1.165) is 19.3 Å². The SMILES string of the molecule is C[C@@H](OC(=O)C1C[C@H]2CCC[C@@H](C1)C2=O)C(=O)Nc1cccc([N+](=O)[O-])c1. The van der Waals surface area contributed by atoms with Crippen molar-refractivity contribution in [3.05, 3.63) is 34.4 Å². The van der Waals surface area contributed by atoms with Crippen molar-refractivity contribution >= 4 is 29.0 Å². The number of ether oxygens (including phenoxy) is 1. The molecule has 1 unspecified atom stereocenters. The van der Waals surface area contributed by atoms with E-state index in [1.807, 2.05) is 0 Å². The first kappa shape index (κ1) is 19.0. The van der Waals surface area contributed by atoms with Gasteiger partial charge in [-0.15, -0.1) is 0 Å². The fourth-order valence-corrected chi connectivity index (χ4v) is 3.94. The number of anilines is 1. The van der Waals surface area contributed by atoms with Gasteiger partial charge in [-0.05, 0) is 38.7 Å². The zero-order chi connectivity index (χ0) is 19.6. The lowest BCUT2D eigenvalue weighted by Gasteiger charge is -2.36. The van der Waals surface area contributed by atoms with Crippen molar-refractivity contribution in [2.24, 2.45) is 17.8 Å². The number of nitrogens with one attached hydrogen (secondary N) is 1. The fourth-order valence-electron chi connectivity index (χ4n) is 3.94. The van der Waals surface area contributed by atoms with Gasteiger partial charge in [-0.2, -0.15) is 0 Å². The molecule has 2 aliphatic carbocycles. The number of hydrogen-bond donors (Lipinski definition) is 1. The Balaban J connectivity index is 1.56. The average molecular weight is 374 g/mol. The monoisotopic (exact) mass is 374 g/mol. The van der Waals surface area contributed by atoms with Crippen LogP contribution < -0.4 is 5.32 Å². The molecule has 4 atom stereocenters. The molecule has 3 rings (SSSR count). The number of Topliss-reactive ketones (excluding diaryl/α,β-unsaturated/α-hetero) is 1. The van der Waals surface area contributed by atoms with E-state index in [0.29, 0.717) is 12.8 Å². The minimum absolute atomic E-state index is 0.0657. The molecule has 0 aliphatic heterocycles. The number of non-ortho nitro benzene ring substituents is 1. The maximum atomic E-state index is 12.4. The highest BCUT2D eigenvalue weighted by Gasteiger charge is 2.42. The van der Waals surface area contributed by atoms with Crippen LogP contribution in [0.3, 0.4) is 0 Å². The fraction of sp³-hybridized carbons (Fsp3) is 0.526. The van der Waals surface area contributed by atoms with Gasteiger partial charge in [-0.3, -0.25) is 24.5 Å². The Bertz CT molecular complexity index is 761. The smallest absolute Gasteiger partial charge is 0.309 e. The van der Waals surface area contributed by atoms with Crippen LogP contribution in [0.1, 0.15) is 39.0 Å². The number of fused-ring (bicyclic) bond motifs is 2. The Kier molecular flexibility index (Phi) is 5.53. The number of rotatable bonds is 5. The maximum Gasteiger partial charge on any atom is 0.309 e. The van der Waals surface area contributed by atoms with E-state index in [2.05, 4.69) is 5.32 Å². The number of carbonyl (C=O) groups is 3. The quantitative estimate of drug-likeness (QED) is 0.481. The Morgan fingerprint density at radius 2 is 1.93 bits per heavy atom. The topological polar surface area (TPSA) is 116 Å². The van der Waals surface area contributed by atoms with Crippen LogP contribution in [-0.2, 0) is 19.1 Å². The summed E-state index contributed by atoms with van der Waals surface area (Å²) in [5, 5.41) is 13.3. The van der Waals surface area contributed by atoms with Crippen molar-refractivity contribution < 1.29 is 24.0 Å². The second-order valence-corrected chi connectivity index (χ2v) is 7.27. The zero-order valence-electron chi connectivity index (χ0n) is 15.1. The summed E-state index contributed by atoms with van der Waals surface area (Å²) in [6, 6.07) is 5.54. The van der Waals surface area contributed by atoms with Crippen LogP contribution in [-0.4, -0.2) is 28.7 Å². The number of benzene rings is 1. The lowest BCUT2D eigenvalue weighted by molar-refractivity contribution is -0.384. The Morgan fingerprint density at radius 1 is 1.26 bits per heavy atom. The maximum absolute atomic E-state index is 12.4. The molecule has 8 heteroatoms. The number of nitro groups is 1. The summed E-state index contributed by atoms with van der Waals surface area (Å²) in [6.45, 7) is 1.46. The highest BCUT2D eigenvalue weighted by atomic mass is 16.6. The molecule has 2 aliphatic rings. The summed E-state index contributed by atoms with van der Waals surface area (Å²) in [5.74, 6) is -1.24. The van der Waals surface area contributed by atoms with Gasteiger partial charge in [0.2, 0.25) is 0 Å². The third-order valence-corrected chi connectivity index (χ3v) is 5.37. The molecule has 1 N–H and O–H groups in total. The number of carbonyl (C=O) groups excluding carboxylic acids is 3. The van der Waals surface area contributed by atoms with Crippen LogP contribution in [0.25, 0.3) is 0 Å². The predicted molar refractivity (Wildman–Crippen MR) is 95.8 cm³/mol. The number of hydrogen-bond acceptors (Lipinski definition) is 6. The molecule has 8 nitrogen and oxygen atoms in total. The molecule has 0 radical (unpaired) electrons. The van der Waals surface area contributed by atoms with Gasteiger partial charge in [0.1, 0.15) is 5.78 Å². The standard InChI is InChI=1S/C19H22N2O6/c1-11(18(23)20-15-6-3-7-16(10-15)21(25)26)27-19(24)14-8-12-4-2-5-13(9-14)17(12)22/h3,6-7,10-14H,2,4-5,8-9H2,1H3,(H,20,23)/t11-,12-,13+,14?/m1/s1. The molecule has 2 fully saturated rings. The van der Waals surface area contributed by atoms with Gasteiger partial charge in [0.05, 0.1) is 10.8 Å². The molecule has 0 heterocycles. The van der Waals surface area contributed by atoms with E-state index in [-0.39, 0.29) is 34.9 Å². The molecular formula is C19H22N2O6. The third-order valence-electron chi connectivity index (χ3n) is 5.37. The van der Waals surface area contributed by atoms with Crippen LogP contribution >= 0.6 is 0 Å². The van der Waals surface area contributed by atoms with Gasteiger partial charge in [-0.1, -0.05) is 12.5 Å². The van der Waals surface area contributed by atoms with E-state index < -0.39 is 22.9 Å². The number of amides is 1. The summed E-state index contributed by atoms with van der Waals surface area (Å²) in [7, 11) is 0. The molecule has 1 aromatic rings. The van der Waals surface area contributed by atoms with Crippen LogP contribution in [0.4, 0.5) is 11.4 Å². The molecule has 1 aromatic carbocycles. The molecule has 0 aromatic heterocycles. The van der Waals surface area contributed by atoms with Crippen LogP contribution in [0.2, 0.25) is 0 Å². The van der Waals surface area contributed by atoms with Gasteiger partial charge in [0.15, 0.2) is 6.10 Å². The van der Waals surface area contributed by atoms with Crippen molar-refractivity contribution in [1.82, 2.24) is 0 Å². The first-order valence-electron chi connectivity index (χ1n) is 9.14. The van der Waals surface area contributed by atoms with Gasteiger partial charge < -0.3 is 10.1 Å². The molecule has 0 spiro atoms. The zero-order valence-corrected chi connectivity index (χ0v) is 15.1. The van der Waals surface area contributed by atoms with E-state index in [4.69, 9.17) is 4.74 Å². The van der Waals surface area contributed by atoms with Gasteiger partial charge in [0, 0.05) is 29.7 Å². The minimum atomic E-state index is -1.03. The highest BCUT2D eigenvalue weighted by Crippen LogP contribution is 2.40. The van der Waals surface area contributed by atoms with Crippen molar-refractivity contribution in [1.29, 1.82) is 0 Å². The summed E-state index contributed by atoms with van der Waals surface area (Å²) in [6.07, 6.45) is 2.62. The first-order chi connectivity index (χ1) is 12.8. The number of ketones is 1. The van der Waals surface area contributed by atoms with Gasteiger partial charge in [0.25, 0.3) is 11.6 Å². The van der Waals surface area contributed by atoms with E-state index in [1.54, 1.807) is 0 Å². The summed E-state index contributed by atoms with van der Waals surface area (Å²) >= 11 is 0. The summed E-state index contributed by atoms with van der Waals surface area (Å²) in [5.41, 5.74) is 0.116. The van der Waals surface area contributed by atoms with Crippen LogP contribution in [0.5, 0.6) is 0 Å². The lowest BCUT2D eigenvalue weighted by atomic mass is 9.67. The van der Waals surface area contributed by atoms with Gasteiger partial charge >= 0.3 is 5.97 Å². The Morgan fingerprint density at radius 3 is 2.56 bits per heavy atom. The number of nitrogens with zero attached hydrogens (tertiary/aromatic N) is 1. The number of nitro benzene ring substituents is 1. The molecule has 2 saturated carbocycles. The summed E-state index contributed by atoms with van der Waals surface area (Å²) < 4.78 is 5.31. The van der Waals surface area contributed by atoms with Crippen molar-refractivity contribution in [2.75, 3.05) is 5.32 Å².